The third kappa shape index (κ3) is 3.52. The van der Waals surface area contributed by atoms with Gasteiger partial charge in [0.05, 0.1) is 16.8 Å². The van der Waals surface area contributed by atoms with Gasteiger partial charge in [0.2, 0.25) is 5.91 Å². The van der Waals surface area contributed by atoms with Gasteiger partial charge in [-0.15, -0.1) is 0 Å². The molecule has 5 nitrogen and oxygen atoms in total. The third-order valence-electron chi connectivity index (χ3n) is 5.15. The lowest BCUT2D eigenvalue weighted by Gasteiger charge is -2.34. The van der Waals surface area contributed by atoms with Crippen LogP contribution in [0.3, 0.4) is 0 Å². The second-order valence-corrected chi connectivity index (χ2v) is 6.91. The first-order chi connectivity index (χ1) is 13.7. The smallest absolute Gasteiger partial charge is 0.227 e. The van der Waals surface area contributed by atoms with E-state index in [4.69, 9.17) is 0 Å². The number of nitrogens with one attached hydrogen (secondary N) is 1. The van der Waals surface area contributed by atoms with E-state index in [1.165, 1.54) is 18.3 Å². The molecule has 0 bridgehead atoms. The Kier molecular flexibility index (Phi) is 4.90. The molecule has 140 valence electrons. The Hall–Kier alpha value is -3.46. The van der Waals surface area contributed by atoms with Crippen molar-refractivity contribution >= 4 is 28.2 Å². The summed E-state index contributed by atoms with van der Waals surface area (Å²) in [6.07, 6.45) is 2.87. The third-order valence-corrected chi connectivity index (χ3v) is 5.15. The Morgan fingerprint density at radius 3 is 2.64 bits per heavy atom. The Morgan fingerprint density at radius 2 is 1.93 bits per heavy atom. The summed E-state index contributed by atoms with van der Waals surface area (Å²) in [5, 5.41) is 13.1. The zero-order valence-corrected chi connectivity index (χ0v) is 15.2. The molecule has 0 radical (unpaired) electrons. The van der Waals surface area contributed by atoms with Crippen molar-refractivity contribution in [1.82, 2.24) is 4.98 Å². The molecule has 2 heterocycles. The molecule has 2 aromatic carbocycles. The fourth-order valence-electron chi connectivity index (χ4n) is 3.70. The molecular formula is C22H19FN4O. The van der Waals surface area contributed by atoms with Gasteiger partial charge in [0.25, 0.3) is 0 Å². The van der Waals surface area contributed by atoms with Crippen molar-refractivity contribution in [3.05, 3.63) is 66.1 Å². The van der Waals surface area contributed by atoms with Gasteiger partial charge in [0.1, 0.15) is 11.9 Å². The van der Waals surface area contributed by atoms with E-state index >= 15 is 0 Å². The number of benzene rings is 2. The minimum Gasteiger partial charge on any atom is -0.370 e. The predicted molar refractivity (Wildman–Crippen MR) is 106 cm³/mol. The number of hydrogen-bond donors (Lipinski definition) is 1. The number of anilines is 2. The number of carbonyl (C=O) groups excluding carboxylic acids is 1. The number of fused-ring (bicyclic) bond motifs is 1. The molecule has 1 N–H and O–H groups in total. The van der Waals surface area contributed by atoms with Gasteiger partial charge in [0.15, 0.2) is 0 Å². The Bertz CT molecular complexity index is 1050. The van der Waals surface area contributed by atoms with Crippen LogP contribution < -0.4 is 10.2 Å². The van der Waals surface area contributed by atoms with Crippen LogP contribution in [-0.4, -0.2) is 24.0 Å². The molecule has 1 aliphatic rings. The minimum absolute atomic E-state index is 0.0111. The van der Waals surface area contributed by atoms with E-state index < -0.39 is 0 Å². The summed E-state index contributed by atoms with van der Waals surface area (Å²) >= 11 is 0. The molecule has 0 spiro atoms. The average molecular weight is 374 g/mol. The average Bonchev–Trinajstić information content (AvgIpc) is 2.73. The molecule has 0 saturated carbocycles. The van der Waals surface area contributed by atoms with Crippen LogP contribution in [0.15, 0.2) is 54.7 Å². The standard InChI is InChI=1S/C22H19FN4O/c23-17-6-7-20-19(12-17)21(16(13-24)14-25-20)27-10-8-15(9-11-27)22(28)26-18-4-2-1-3-5-18/h1-7,12,14-15H,8-11H2,(H,26,28). The van der Waals surface area contributed by atoms with Crippen molar-refractivity contribution in [2.75, 3.05) is 23.3 Å². The maximum absolute atomic E-state index is 13.8. The normalized spacial score (nSPS) is 14.6. The number of halogens is 1. The lowest BCUT2D eigenvalue weighted by Crippen LogP contribution is -2.38. The molecule has 0 aliphatic carbocycles. The van der Waals surface area contributed by atoms with Crippen molar-refractivity contribution in [2.24, 2.45) is 5.92 Å². The largest absolute Gasteiger partial charge is 0.370 e. The molecular weight excluding hydrogens is 355 g/mol. The number of pyridine rings is 1. The maximum atomic E-state index is 13.8. The maximum Gasteiger partial charge on any atom is 0.227 e. The van der Waals surface area contributed by atoms with Crippen LogP contribution in [0.25, 0.3) is 10.9 Å². The van der Waals surface area contributed by atoms with Gasteiger partial charge >= 0.3 is 0 Å². The molecule has 4 rings (SSSR count). The van der Waals surface area contributed by atoms with Crippen LogP contribution in [-0.2, 0) is 4.79 Å². The number of aromatic nitrogens is 1. The molecule has 3 aromatic rings. The summed E-state index contributed by atoms with van der Waals surface area (Å²) in [5.41, 5.74) is 2.57. The summed E-state index contributed by atoms with van der Waals surface area (Å²) < 4.78 is 13.8. The van der Waals surface area contributed by atoms with Crippen LogP contribution >= 0.6 is 0 Å². The zero-order valence-electron chi connectivity index (χ0n) is 15.2. The summed E-state index contributed by atoms with van der Waals surface area (Å²) in [6.45, 7) is 1.24. The summed E-state index contributed by atoms with van der Waals surface area (Å²) in [7, 11) is 0. The van der Waals surface area contributed by atoms with E-state index in [0.717, 1.165) is 5.69 Å². The SMILES string of the molecule is N#Cc1cnc2ccc(F)cc2c1N1CCC(C(=O)Nc2ccccc2)CC1. The number of hydrogen-bond acceptors (Lipinski definition) is 4. The lowest BCUT2D eigenvalue weighted by atomic mass is 9.94. The summed E-state index contributed by atoms with van der Waals surface area (Å²) in [6, 6.07) is 16.0. The molecule has 1 fully saturated rings. The van der Waals surface area contributed by atoms with Gasteiger partial charge in [-0.05, 0) is 43.2 Å². The highest BCUT2D eigenvalue weighted by molar-refractivity contribution is 5.95. The molecule has 0 unspecified atom stereocenters. The van der Waals surface area contributed by atoms with Crippen molar-refractivity contribution in [3.63, 3.8) is 0 Å². The summed E-state index contributed by atoms with van der Waals surface area (Å²) in [4.78, 5) is 18.9. The summed E-state index contributed by atoms with van der Waals surface area (Å²) in [5.74, 6) is -0.438. The van der Waals surface area contributed by atoms with Gasteiger partial charge in [-0.2, -0.15) is 5.26 Å². The van der Waals surface area contributed by atoms with Gasteiger partial charge in [0, 0.05) is 36.3 Å². The van der Waals surface area contributed by atoms with Gasteiger partial charge < -0.3 is 10.2 Å². The van der Waals surface area contributed by atoms with Gasteiger partial charge in [-0.1, -0.05) is 18.2 Å². The first-order valence-electron chi connectivity index (χ1n) is 9.25. The van der Waals surface area contributed by atoms with Gasteiger partial charge in [-0.3, -0.25) is 9.78 Å². The van der Waals surface area contributed by atoms with E-state index in [1.807, 2.05) is 30.3 Å². The Morgan fingerprint density at radius 1 is 1.18 bits per heavy atom. The van der Waals surface area contributed by atoms with Crippen LogP contribution in [0.2, 0.25) is 0 Å². The first-order valence-corrected chi connectivity index (χ1v) is 9.25. The topological polar surface area (TPSA) is 69.0 Å². The Balaban J connectivity index is 1.53. The van der Waals surface area contributed by atoms with Crippen molar-refractivity contribution in [2.45, 2.75) is 12.8 Å². The molecule has 0 atom stereocenters. The molecule has 1 aliphatic heterocycles. The minimum atomic E-state index is -0.359. The van der Waals surface area contributed by atoms with Crippen LogP contribution in [0.5, 0.6) is 0 Å². The lowest BCUT2D eigenvalue weighted by molar-refractivity contribution is -0.120. The van der Waals surface area contributed by atoms with E-state index in [9.17, 15) is 14.4 Å². The van der Waals surface area contributed by atoms with E-state index in [2.05, 4.69) is 21.3 Å². The fourth-order valence-corrected chi connectivity index (χ4v) is 3.70. The van der Waals surface area contributed by atoms with E-state index in [0.29, 0.717) is 48.1 Å². The van der Waals surface area contributed by atoms with Gasteiger partial charge in [-0.25, -0.2) is 4.39 Å². The molecule has 1 saturated heterocycles. The van der Waals surface area contributed by atoms with Crippen molar-refractivity contribution < 1.29 is 9.18 Å². The molecule has 1 aromatic heterocycles. The number of para-hydroxylation sites is 1. The van der Waals surface area contributed by atoms with Crippen LogP contribution in [0, 0.1) is 23.1 Å². The number of nitrogens with zero attached hydrogens (tertiary/aromatic N) is 3. The second kappa shape index (κ2) is 7.65. The highest BCUT2D eigenvalue weighted by Crippen LogP contribution is 2.33. The first kappa shape index (κ1) is 17.9. The molecule has 28 heavy (non-hydrogen) atoms. The number of piperidine rings is 1. The number of carbonyl (C=O) groups is 1. The number of nitriles is 1. The zero-order chi connectivity index (χ0) is 19.5. The fraction of sp³-hybridized carbons (Fsp3) is 0.227. The predicted octanol–water partition coefficient (Wildman–Crippen LogP) is 4.10. The highest BCUT2D eigenvalue weighted by Gasteiger charge is 2.27. The second-order valence-electron chi connectivity index (χ2n) is 6.91. The number of rotatable bonds is 3. The van der Waals surface area contributed by atoms with E-state index in [-0.39, 0.29) is 17.6 Å². The highest BCUT2D eigenvalue weighted by atomic mass is 19.1. The molecule has 6 heteroatoms. The quantitative estimate of drug-likeness (QED) is 0.749. The van der Waals surface area contributed by atoms with E-state index in [1.54, 1.807) is 6.07 Å². The van der Waals surface area contributed by atoms with Crippen molar-refractivity contribution in [1.29, 1.82) is 5.26 Å². The van der Waals surface area contributed by atoms with Crippen LogP contribution in [0.4, 0.5) is 15.8 Å². The van der Waals surface area contributed by atoms with Crippen molar-refractivity contribution in [3.8, 4) is 6.07 Å². The number of amides is 1. The van der Waals surface area contributed by atoms with Crippen LogP contribution in [0.1, 0.15) is 18.4 Å². The molecule has 1 amide bonds. The monoisotopic (exact) mass is 374 g/mol. The Labute approximate surface area is 162 Å².